The average molecular weight is 318 g/mol. The molecule has 1 aliphatic rings. The summed E-state index contributed by atoms with van der Waals surface area (Å²) in [5, 5.41) is 2.85. The number of ether oxygens (including phenoxy) is 1. The van der Waals surface area contributed by atoms with Crippen LogP contribution in [0.3, 0.4) is 0 Å². The van der Waals surface area contributed by atoms with Crippen LogP contribution in [0.15, 0.2) is 30.3 Å². The fraction of sp³-hybridized carbons (Fsp3) is 0.471. The molecule has 6 heteroatoms. The largest absolute Gasteiger partial charge is 0.465 e. The highest BCUT2D eigenvalue weighted by Gasteiger charge is 2.43. The van der Waals surface area contributed by atoms with Gasteiger partial charge in [-0.2, -0.15) is 0 Å². The lowest BCUT2D eigenvalue weighted by Gasteiger charge is -2.43. The lowest BCUT2D eigenvalue weighted by molar-refractivity contribution is -0.145. The summed E-state index contributed by atoms with van der Waals surface area (Å²) in [5.41, 5.74) is 0.878. The highest BCUT2D eigenvalue weighted by Crippen LogP contribution is 2.32. The van der Waals surface area contributed by atoms with Gasteiger partial charge in [0.05, 0.1) is 18.6 Å². The van der Waals surface area contributed by atoms with Gasteiger partial charge in [0.15, 0.2) is 0 Å². The Morgan fingerprint density at radius 1 is 1.26 bits per heavy atom. The number of amides is 2. The topological polar surface area (TPSA) is 75.7 Å². The average Bonchev–Trinajstić information content (AvgIpc) is 2.51. The smallest absolute Gasteiger partial charge is 0.325 e. The Labute approximate surface area is 135 Å². The predicted molar refractivity (Wildman–Crippen MR) is 84.7 cm³/mol. The van der Waals surface area contributed by atoms with Gasteiger partial charge in [0.25, 0.3) is 0 Å². The quantitative estimate of drug-likeness (QED) is 0.842. The summed E-state index contributed by atoms with van der Waals surface area (Å²) < 4.78 is 4.90. The van der Waals surface area contributed by atoms with Crippen LogP contribution in [0, 0.1) is 5.92 Å². The fourth-order valence-electron chi connectivity index (χ4n) is 3.05. The summed E-state index contributed by atoms with van der Waals surface area (Å²) in [7, 11) is 0. The summed E-state index contributed by atoms with van der Waals surface area (Å²) in [6.07, 6.45) is 0. The number of ketones is 1. The molecule has 3 atom stereocenters. The van der Waals surface area contributed by atoms with E-state index in [-0.39, 0.29) is 25.0 Å². The molecule has 0 aliphatic carbocycles. The number of Topliss-reactive ketones (excluding diaryl/α,β-unsaturated/α-hetero) is 1. The van der Waals surface area contributed by atoms with Crippen LogP contribution in [0.2, 0.25) is 0 Å². The van der Waals surface area contributed by atoms with Gasteiger partial charge in [-0.1, -0.05) is 30.3 Å². The maximum absolute atomic E-state index is 12.4. The zero-order valence-electron chi connectivity index (χ0n) is 13.6. The number of esters is 1. The first-order valence-electron chi connectivity index (χ1n) is 7.73. The van der Waals surface area contributed by atoms with E-state index in [9.17, 15) is 14.4 Å². The van der Waals surface area contributed by atoms with Crippen LogP contribution in [-0.4, -0.2) is 41.9 Å². The highest BCUT2D eigenvalue weighted by atomic mass is 16.5. The molecule has 1 saturated heterocycles. The molecule has 1 aromatic rings. The molecule has 0 aromatic heterocycles. The third-order valence-corrected chi connectivity index (χ3v) is 4.14. The number of urea groups is 1. The number of hydrogen-bond acceptors (Lipinski definition) is 4. The molecule has 2 rings (SSSR count). The summed E-state index contributed by atoms with van der Waals surface area (Å²) in [6.45, 7) is 5.11. The highest BCUT2D eigenvalue weighted by molar-refractivity contribution is 5.87. The zero-order chi connectivity index (χ0) is 17.0. The van der Waals surface area contributed by atoms with Crippen molar-refractivity contribution in [2.45, 2.75) is 32.9 Å². The van der Waals surface area contributed by atoms with Crippen LogP contribution >= 0.6 is 0 Å². The molecular formula is C17H22N2O4. The van der Waals surface area contributed by atoms with Crippen molar-refractivity contribution in [2.75, 3.05) is 13.2 Å². The molecule has 0 bridgehead atoms. The normalized spacial score (nSPS) is 24.0. The summed E-state index contributed by atoms with van der Waals surface area (Å²) in [5.74, 6) is -0.931. The van der Waals surface area contributed by atoms with Crippen LogP contribution in [0.4, 0.5) is 4.79 Å². The van der Waals surface area contributed by atoms with Crippen molar-refractivity contribution in [2.24, 2.45) is 5.92 Å². The number of nitrogens with zero attached hydrogens (tertiary/aromatic N) is 1. The molecular weight excluding hydrogens is 296 g/mol. The minimum Gasteiger partial charge on any atom is -0.465 e. The van der Waals surface area contributed by atoms with Crippen molar-refractivity contribution in [3.05, 3.63) is 35.9 Å². The molecule has 23 heavy (non-hydrogen) atoms. The van der Waals surface area contributed by atoms with E-state index in [1.807, 2.05) is 30.3 Å². The molecule has 124 valence electrons. The van der Waals surface area contributed by atoms with E-state index in [1.54, 1.807) is 13.8 Å². The van der Waals surface area contributed by atoms with Crippen LogP contribution in [0.5, 0.6) is 0 Å². The molecule has 1 aliphatic heterocycles. The number of benzene rings is 1. The fourth-order valence-corrected chi connectivity index (χ4v) is 3.05. The van der Waals surface area contributed by atoms with E-state index >= 15 is 0 Å². The molecule has 0 saturated carbocycles. The molecule has 0 spiro atoms. The van der Waals surface area contributed by atoms with Gasteiger partial charge in [-0.3, -0.25) is 9.59 Å². The Balaban J connectivity index is 2.26. The Morgan fingerprint density at radius 3 is 2.48 bits per heavy atom. The van der Waals surface area contributed by atoms with Crippen molar-refractivity contribution in [3.63, 3.8) is 0 Å². The molecule has 1 aromatic carbocycles. The third-order valence-electron chi connectivity index (χ3n) is 4.14. The van der Waals surface area contributed by atoms with Gasteiger partial charge in [-0.05, 0) is 26.3 Å². The second-order valence-corrected chi connectivity index (χ2v) is 5.65. The van der Waals surface area contributed by atoms with E-state index in [0.717, 1.165) is 5.56 Å². The number of hydrogen-bond donors (Lipinski definition) is 1. The first kappa shape index (κ1) is 17.0. The molecule has 2 amide bonds. The lowest BCUT2D eigenvalue weighted by atomic mass is 9.82. The Morgan fingerprint density at radius 2 is 1.91 bits per heavy atom. The molecule has 1 N–H and O–H groups in total. The van der Waals surface area contributed by atoms with E-state index in [0.29, 0.717) is 0 Å². The van der Waals surface area contributed by atoms with Crippen LogP contribution in [-0.2, 0) is 14.3 Å². The van der Waals surface area contributed by atoms with Gasteiger partial charge in [-0.15, -0.1) is 0 Å². The maximum atomic E-state index is 12.4. The van der Waals surface area contributed by atoms with E-state index in [4.69, 9.17) is 4.74 Å². The predicted octanol–water partition coefficient (Wildman–Crippen LogP) is 1.91. The van der Waals surface area contributed by atoms with Crippen LogP contribution < -0.4 is 5.32 Å². The number of rotatable bonds is 5. The number of carbonyl (C=O) groups excluding carboxylic acids is 3. The minimum atomic E-state index is -0.477. The Hall–Kier alpha value is -2.37. The second-order valence-electron chi connectivity index (χ2n) is 5.65. The minimum absolute atomic E-state index is 0.0276. The molecule has 1 fully saturated rings. The van der Waals surface area contributed by atoms with E-state index in [1.165, 1.54) is 11.8 Å². The van der Waals surface area contributed by atoms with Gasteiger partial charge in [-0.25, -0.2) is 4.79 Å². The number of carbonyl (C=O) groups is 3. The zero-order valence-corrected chi connectivity index (χ0v) is 13.6. The maximum Gasteiger partial charge on any atom is 0.325 e. The van der Waals surface area contributed by atoms with Gasteiger partial charge < -0.3 is 15.0 Å². The van der Waals surface area contributed by atoms with Crippen molar-refractivity contribution in [1.82, 2.24) is 10.2 Å². The van der Waals surface area contributed by atoms with Crippen molar-refractivity contribution in [1.29, 1.82) is 0 Å². The number of nitrogens with one attached hydrogen (secondary N) is 1. The van der Waals surface area contributed by atoms with Gasteiger partial charge in [0.2, 0.25) is 0 Å². The second kappa shape index (κ2) is 7.26. The molecule has 6 nitrogen and oxygen atoms in total. The summed E-state index contributed by atoms with van der Waals surface area (Å²) >= 11 is 0. The van der Waals surface area contributed by atoms with Crippen LogP contribution in [0.1, 0.15) is 32.4 Å². The molecule has 1 heterocycles. The monoisotopic (exact) mass is 318 g/mol. The van der Waals surface area contributed by atoms with Crippen LogP contribution in [0.25, 0.3) is 0 Å². The van der Waals surface area contributed by atoms with Gasteiger partial charge >= 0.3 is 12.0 Å². The lowest BCUT2D eigenvalue weighted by Crippen LogP contribution is -2.60. The SMILES string of the molecule is CCOC(=O)CN1C(=O)N[C@@H](c2ccccc2)[C@@H](C(C)=O)[C@H]1C. The first-order chi connectivity index (χ1) is 11.0. The third kappa shape index (κ3) is 3.70. The standard InChI is InChI=1S/C17H22N2O4/c1-4-23-14(21)10-19-11(2)15(12(3)20)16(18-17(19)22)13-8-6-5-7-9-13/h5-9,11,15-16H,4,10H2,1-3H3,(H,18,22)/t11-,15-,16+/m1/s1. The summed E-state index contributed by atoms with van der Waals surface area (Å²) in [4.78, 5) is 37.6. The van der Waals surface area contributed by atoms with Gasteiger partial charge in [0, 0.05) is 6.04 Å². The van der Waals surface area contributed by atoms with Crippen molar-refractivity contribution < 1.29 is 19.1 Å². The Kier molecular flexibility index (Phi) is 5.36. The van der Waals surface area contributed by atoms with Crippen molar-refractivity contribution >= 4 is 17.8 Å². The van der Waals surface area contributed by atoms with Gasteiger partial charge in [0.1, 0.15) is 12.3 Å². The van der Waals surface area contributed by atoms with Crippen molar-refractivity contribution in [3.8, 4) is 0 Å². The molecule has 0 radical (unpaired) electrons. The van der Waals surface area contributed by atoms with E-state index < -0.39 is 24.0 Å². The first-order valence-corrected chi connectivity index (χ1v) is 7.73. The Bertz CT molecular complexity index is 588. The molecule has 0 unspecified atom stereocenters. The summed E-state index contributed by atoms with van der Waals surface area (Å²) in [6, 6.07) is 8.24. The van der Waals surface area contributed by atoms with E-state index in [2.05, 4.69) is 5.32 Å².